The van der Waals surface area contributed by atoms with Gasteiger partial charge in [-0.1, -0.05) is 48.5 Å². The third-order valence-corrected chi connectivity index (χ3v) is 4.02. The molecule has 2 atom stereocenters. The highest BCUT2D eigenvalue weighted by Gasteiger charge is 2.28. The zero-order chi connectivity index (χ0) is 13.2. The van der Waals surface area contributed by atoms with Crippen LogP contribution < -0.4 is 4.74 Å². The average molecular weight is 253 g/mol. The van der Waals surface area contributed by atoms with Crippen LogP contribution in [0.25, 0.3) is 0 Å². The van der Waals surface area contributed by atoms with Crippen LogP contribution in [0.1, 0.15) is 37.1 Å². The Bertz CT molecular complexity index is 552. The first-order chi connectivity index (χ1) is 9.27. The molecule has 2 aromatic rings. The molecular formula is C17H19NO. The lowest BCUT2D eigenvalue weighted by Gasteiger charge is -2.39. The van der Waals surface area contributed by atoms with Gasteiger partial charge in [-0.2, -0.15) is 0 Å². The van der Waals surface area contributed by atoms with E-state index < -0.39 is 0 Å². The van der Waals surface area contributed by atoms with Gasteiger partial charge in [-0.3, -0.25) is 4.90 Å². The molecule has 3 rings (SSSR count). The molecule has 19 heavy (non-hydrogen) atoms. The van der Waals surface area contributed by atoms with Gasteiger partial charge in [-0.25, -0.2) is 0 Å². The Morgan fingerprint density at radius 2 is 1.74 bits per heavy atom. The minimum atomic E-state index is 0.351. The molecule has 0 spiro atoms. The van der Waals surface area contributed by atoms with Crippen molar-refractivity contribution < 1.29 is 4.74 Å². The molecule has 98 valence electrons. The first-order valence-corrected chi connectivity index (χ1v) is 6.80. The fourth-order valence-electron chi connectivity index (χ4n) is 2.76. The normalized spacial score (nSPS) is 20.4. The van der Waals surface area contributed by atoms with Crippen LogP contribution >= 0.6 is 0 Å². The maximum absolute atomic E-state index is 5.88. The van der Waals surface area contributed by atoms with Gasteiger partial charge in [0.25, 0.3) is 0 Å². The summed E-state index contributed by atoms with van der Waals surface area (Å²) in [4.78, 5) is 2.39. The third kappa shape index (κ3) is 2.24. The van der Waals surface area contributed by atoms with E-state index in [1.807, 2.05) is 6.07 Å². The molecule has 1 aliphatic heterocycles. The van der Waals surface area contributed by atoms with E-state index in [-0.39, 0.29) is 0 Å². The fraction of sp³-hybridized carbons (Fsp3) is 0.294. The molecule has 0 saturated carbocycles. The monoisotopic (exact) mass is 253 g/mol. The van der Waals surface area contributed by atoms with E-state index in [4.69, 9.17) is 4.74 Å². The van der Waals surface area contributed by atoms with E-state index in [0.717, 1.165) is 5.75 Å². The summed E-state index contributed by atoms with van der Waals surface area (Å²) in [5.41, 5.74) is 2.61. The molecule has 1 heterocycles. The first-order valence-electron chi connectivity index (χ1n) is 6.80. The Kier molecular flexibility index (Phi) is 3.26. The van der Waals surface area contributed by atoms with E-state index in [1.54, 1.807) is 0 Å². The first kappa shape index (κ1) is 12.2. The molecular weight excluding hydrogens is 234 g/mol. The second kappa shape index (κ2) is 5.06. The summed E-state index contributed by atoms with van der Waals surface area (Å²) in [6.45, 7) is 5.14. The van der Waals surface area contributed by atoms with Crippen LogP contribution in [0.3, 0.4) is 0 Å². The maximum atomic E-state index is 5.88. The highest BCUT2D eigenvalue weighted by Crippen LogP contribution is 2.37. The van der Waals surface area contributed by atoms with Crippen molar-refractivity contribution in [1.82, 2.24) is 4.90 Å². The zero-order valence-corrected chi connectivity index (χ0v) is 11.4. The van der Waals surface area contributed by atoms with Crippen molar-refractivity contribution in [2.45, 2.75) is 25.9 Å². The molecule has 0 radical (unpaired) electrons. The summed E-state index contributed by atoms with van der Waals surface area (Å²) in [5.74, 6) is 1.02. The van der Waals surface area contributed by atoms with Crippen molar-refractivity contribution in [1.29, 1.82) is 0 Å². The van der Waals surface area contributed by atoms with Crippen molar-refractivity contribution >= 4 is 0 Å². The molecule has 0 bridgehead atoms. The van der Waals surface area contributed by atoms with Crippen molar-refractivity contribution in [3.63, 3.8) is 0 Å². The Morgan fingerprint density at radius 3 is 2.53 bits per heavy atom. The van der Waals surface area contributed by atoms with Gasteiger partial charge < -0.3 is 4.74 Å². The van der Waals surface area contributed by atoms with E-state index in [0.29, 0.717) is 18.8 Å². The van der Waals surface area contributed by atoms with Crippen LogP contribution in [0.15, 0.2) is 54.6 Å². The predicted molar refractivity (Wildman–Crippen MR) is 77.0 cm³/mol. The molecule has 0 aromatic heterocycles. The number of benzene rings is 2. The summed E-state index contributed by atoms with van der Waals surface area (Å²) >= 11 is 0. The van der Waals surface area contributed by atoms with Gasteiger partial charge in [0.2, 0.25) is 0 Å². The van der Waals surface area contributed by atoms with Gasteiger partial charge in [0.1, 0.15) is 12.5 Å². The number of rotatable bonds is 2. The fourth-order valence-corrected chi connectivity index (χ4v) is 2.76. The lowest BCUT2D eigenvalue weighted by molar-refractivity contribution is 0.0321. The lowest BCUT2D eigenvalue weighted by atomic mass is 10.00. The Morgan fingerprint density at radius 1 is 1.05 bits per heavy atom. The third-order valence-electron chi connectivity index (χ3n) is 4.02. The summed E-state index contributed by atoms with van der Waals surface area (Å²) < 4.78 is 5.88. The molecule has 2 heteroatoms. The van der Waals surface area contributed by atoms with E-state index >= 15 is 0 Å². The summed E-state index contributed by atoms with van der Waals surface area (Å²) in [7, 11) is 0. The highest BCUT2D eigenvalue weighted by molar-refractivity contribution is 5.37. The molecule has 0 N–H and O–H groups in total. The second-order valence-electron chi connectivity index (χ2n) is 5.09. The van der Waals surface area contributed by atoms with Crippen LogP contribution in [0, 0.1) is 0 Å². The minimum Gasteiger partial charge on any atom is -0.478 e. The van der Waals surface area contributed by atoms with Crippen molar-refractivity contribution in [3.8, 4) is 5.75 Å². The SMILES string of the molecule is C[C@@H](c1ccccc1)N1COc2ccccc2[C@@H]1C. The van der Waals surface area contributed by atoms with E-state index in [9.17, 15) is 0 Å². The largest absolute Gasteiger partial charge is 0.478 e. The Balaban J connectivity index is 1.88. The van der Waals surface area contributed by atoms with Crippen LogP contribution in [0.2, 0.25) is 0 Å². The second-order valence-corrected chi connectivity index (χ2v) is 5.09. The summed E-state index contributed by atoms with van der Waals surface area (Å²) in [5, 5.41) is 0. The van der Waals surface area contributed by atoms with Crippen molar-refractivity contribution in [3.05, 3.63) is 65.7 Å². The quantitative estimate of drug-likeness (QED) is 0.796. The average Bonchev–Trinajstić information content (AvgIpc) is 2.48. The number of fused-ring (bicyclic) bond motifs is 1. The number of nitrogens with zero attached hydrogens (tertiary/aromatic N) is 1. The zero-order valence-electron chi connectivity index (χ0n) is 11.4. The molecule has 0 aliphatic carbocycles. The Hall–Kier alpha value is -1.80. The molecule has 1 aliphatic rings. The van der Waals surface area contributed by atoms with Crippen LogP contribution in [0.4, 0.5) is 0 Å². The number of para-hydroxylation sites is 1. The topological polar surface area (TPSA) is 12.5 Å². The number of hydrogen-bond donors (Lipinski definition) is 0. The van der Waals surface area contributed by atoms with Gasteiger partial charge in [0.15, 0.2) is 0 Å². The van der Waals surface area contributed by atoms with Gasteiger partial charge in [0.05, 0.1) is 0 Å². The predicted octanol–water partition coefficient (Wildman–Crippen LogP) is 4.16. The summed E-state index contributed by atoms with van der Waals surface area (Å²) in [6.07, 6.45) is 0. The van der Waals surface area contributed by atoms with E-state index in [1.165, 1.54) is 11.1 Å². The molecule has 0 amide bonds. The molecule has 0 fully saturated rings. The van der Waals surface area contributed by atoms with Crippen LogP contribution in [0.5, 0.6) is 5.75 Å². The molecule has 0 saturated heterocycles. The van der Waals surface area contributed by atoms with Gasteiger partial charge in [0, 0.05) is 17.6 Å². The van der Waals surface area contributed by atoms with Gasteiger partial charge in [-0.05, 0) is 25.5 Å². The number of ether oxygens (including phenoxy) is 1. The van der Waals surface area contributed by atoms with Crippen LogP contribution in [-0.4, -0.2) is 11.6 Å². The molecule has 2 aromatic carbocycles. The smallest absolute Gasteiger partial charge is 0.143 e. The van der Waals surface area contributed by atoms with Crippen molar-refractivity contribution in [2.75, 3.05) is 6.73 Å². The van der Waals surface area contributed by atoms with Crippen LogP contribution in [-0.2, 0) is 0 Å². The van der Waals surface area contributed by atoms with E-state index in [2.05, 4.69) is 67.3 Å². The van der Waals surface area contributed by atoms with Gasteiger partial charge >= 0.3 is 0 Å². The Labute approximate surface area is 114 Å². The molecule has 2 nitrogen and oxygen atoms in total. The van der Waals surface area contributed by atoms with Crippen molar-refractivity contribution in [2.24, 2.45) is 0 Å². The molecule has 0 unspecified atom stereocenters. The maximum Gasteiger partial charge on any atom is 0.143 e. The standard InChI is InChI=1S/C17H19NO/c1-13(15-8-4-3-5-9-15)18-12-19-17-11-7-6-10-16(17)14(18)2/h3-11,13-14H,12H2,1-2H3/t13-,14-/m0/s1. The minimum absolute atomic E-state index is 0.351. The number of hydrogen-bond acceptors (Lipinski definition) is 2. The highest BCUT2D eigenvalue weighted by atomic mass is 16.5. The van der Waals surface area contributed by atoms with Gasteiger partial charge in [-0.15, -0.1) is 0 Å². The lowest BCUT2D eigenvalue weighted by Crippen LogP contribution is -2.37. The summed E-state index contributed by atoms with van der Waals surface area (Å²) in [6, 6.07) is 19.6.